The minimum absolute atomic E-state index is 0.242. The van der Waals surface area contributed by atoms with E-state index >= 15 is 0 Å². The summed E-state index contributed by atoms with van der Waals surface area (Å²) in [6.45, 7) is 13.1. The predicted molar refractivity (Wildman–Crippen MR) is 55.8 cm³/mol. The second kappa shape index (κ2) is 3.39. The number of aliphatic hydroxyl groups is 1. The summed E-state index contributed by atoms with van der Waals surface area (Å²) in [6.07, 6.45) is 0. The van der Waals surface area contributed by atoms with Crippen LogP contribution in [0.4, 0.5) is 0 Å². The Morgan fingerprint density at radius 3 is 1.45 bits per heavy atom. The zero-order chi connectivity index (χ0) is 9.28. The van der Waals surface area contributed by atoms with Gasteiger partial charge in [-0.3, -0.25) is 0 Å². The first kappa shape index (κ1) is 11.4. The lowest BCUT2D eigenvalue weighted by molar-refractivity contribution is 0.231. The molecule has 0 aromatic carbocycles. The van der Waals surface area contributed by atoms with Crippen LogP contribution in [0.15, 0.2) is 0 Å². The van der Waals surface area contributed by atoms with Crippen molar-refractivity contribution in [2.75, 3.05) is 0 Å². The van der Waals surface area contributed by atoms with E-state index in [1.165, 1.54) is 0 Å². The fourth-order valence-corrected chi connectivity index (χ4v) is 4.48. The highest BCUT2D eigenvalue weighted by molar-refractivity contribution is 6.80. The molecule has 1 unspecified atom stereocenters. The summed E-state index contributed by atoms with van der Waals surface area (Å²) in [6, 6.07) is 0. The van der Waals surface area contributed by atoms with E-state index in [1.54, 1.807) is 0 Å². The summed E-state index contributed by atoms with van der Waals surface area (Å²) < 4.78 is 0. The van der Waals surface area contributed by atoms with Crippen LogP contribution >= 0.6 is 0 Å². The molecule has 0 rings (SSSR count). The molecule has 0 fully saturated rings. The molecule has 0 aliphatic rings. The second-order valence-electron chi connectivity index (χ2n) is 5.16. The Labute approximate surface area is 72.1 Å². The van der Waals surface area contributed by atoms with Gasteiger partial charge in [-0.15, -0.1) is 0 Å². The Hall–Kier alpha value is 0.354. The molecule has 2 nitrogen and oxygen atoms in total. The maximum absolute atomic E-state index is 9.71. The third-order valence-electron chi connectivity index (χ3n) is 1.39. The third-order valence-corrected chi connectivity index (χ3v) is 4.60. The van der Waals surface area contributed by atoms with Crippen molar-refractivity contribution >= 4 is 16.3 Å². The molecule has 0 heterocycles. The lowest BCUT2D eigenvalue weighted by Gasteiger charge is -2.31. The van der Waals surface area contributed by atoms with Crippen molar-refractivity contribution in [3.8, 4) is 0 Å². The first-order valence-corrected chi connectivity index (χ1v) is 11.2. The van der Waals surface area contributed by atoms with Gasteiger partial charge in [0.05, 0.1) is 13.9 Å². The molecule has 0 aliphatic heterocycles. The van der Waals surface area contributed by atoms with E-state index in [9.17, 15) is 5.11 Å². The third kappa shape index (κ3) is 5.61. The topological polar surface area (TPSA) is 32.3 Å². The van der Waals surface area contributed by atoms with E-state index in [0.29, 0.717) is 0 Å². The van der Waals surface area contributed by atoms with Crippen molar-refractivity contribution in [3.05, 3.63) is 0 Å². The molecular formula is C7H21NOSi2. The number of aliphatic hydroxyl groups excluding tert-OH is 1. The van der Waals surface area contributed by atoms with Crippen molar-refractivity contribution in [2.45, 2.75) is 45.1 Å². The predicted octanol–water partition coefficient (Wildman–Crippen LogP) is 1.61. The first-order valence-electron chi connectivity index (χ1n) is 4.09. The molecule has 0 spiro atoms. The average Bonchev–Trinajstić information content (AvgIpc) is 1.56. The Morgan fingerprint density at radius 2 is 1.36 bits per heavy atom. The minimum atomic E-state index is -1.39. The minimum Gasteiger partial charge on any atom is -0.383 e. The number of hydrogen-bond donors (Lipinski definition) is 2. The van der Waals surface area contributed by atoms with E-state index < -0.39 is 16.3 Å². The molecule has 0 aromatic heterocycles. The van der Waals surface area contributed by atoms with Crippen LogP contribution in [0.3, 0.4) is 0 Å². The number of rotatable bonds is 3. The molecule has 4 heteroatoms. The molecule has 0 amide bonds. The quantitative estimate of drug-likeness (QED) is 0.525. The van der Waals surface area contributed by atoms with Crippen molar-refractivity contribution in [2.24, 2.45) is 0 Å². The van der Waals surface area contributed by atoms with Crippen LogP contribution in [0.2, 0.25) is 39.3 Å². The van der Waals surface area contributed by atoms with Crippen molar-refractivity contribution < 1.29 is 5.11 Å². The Kier molecular flexibility index (Phi) is 3.50. The average molecular weight is 191 g/mol. The van der Waals surface area contributed by atoms with Crippen LogP contribution in [0.1, 0.15) is 0 Å². The maximum Gasteiger partial charge on any atom is 0.118 e. The molecular weight excluding hydrogens is 170 g/mol. The van der Waals surface area contributed by atoms with Crippen molar-refractivity contribution in [3.63, 3.8) is 0 Å². The van der Waals surface area contributed by atoms with Crippen LogP contribution < -0.4 is 4.98 Å². The first-order chi connectivity index (χ1) is 4.63. The summed E-state index contributed by atoms with van der Waals surface area (Å²) in [5, 5.41) is 9.71. The Balaban J connectivity index is 3.99. The van der Waals surface area contributed by atoms with Gasteiger partial charge < -0.3 is 10.1 Å². The summed E-state index contributed by atoms with van der Waals surface area (Å²) >= 11 is 0. The highest BCUT2D eigenvalue weighted by atomic mass is 28.3. The summed E-state index contributed by atoms with van der Waals surface area (Å²) in [7, 11) is -2.69. The van der Waals surface area contributed by atoms with Gasteiger partial charge in [-0.05, 0) is 0 Å². The van der Waals surface area contributed by atoms with E-state index in [0.717, 1.165) is 0 Å². The lowest BCUT2D eigenvalue weighted by Crippen LogP contribution is -2.57. The molecule has 0 bridgehead atoms. The SMILES string of the molecule is C[Si](C)(C)NC(O)[Si](C)(C)C. The Morgan fingerprint density at radius 1 is 1.00 bits per heavy atom. The molecule has 0 aliphatic carbocycles. The fraction of sp³-hybridized carbons (Fsp3) is 1.00. The van der Waals surface area contributed by atoms with Gasteiger partial charge in [-0.2, -0.15) is 0 Å². The standard InChI is InChI=1S/C7H21NOSi2/c1-10(2,3)7(9)8-11(4,5)6/h7-9H,1-6H3. The molecule has 1 atom stereocenters. The zero-order valence-electron chi connectivity index (χ0n) is 8.52. The fourth-order valence-electron chi connectivity index (χ4n) is 0.627. The van der Waals surface area contributed by atoms with Crippen LogP contribution in [0.25, 0.3) is 0 Å². The van der Waals surface area contributed by atoms with E-state index in [4.69, 9.17) is 0 Å². The highest BCUT2D eigenvalue weighted by Crippen LogP contribution is 2.07. The largest absolute Gasteiger partial charge is 0.383 e. The van der Waals surface area contributed by atoms with Gasteiger partial charge in [0, 0.05) is 0 Å². The van der Waals surface area contributed by atoms with Gasteiger partial charge in [-0.25, -0.2) is 0 Å². The molecule has 0 saturated carbocycles. The highest BCUT2D eigenvalue weighted by Gasteiger charge is 2.28. The van der Waals surface area contributed by atoms with E-state index in [2.05, 4.69) is 44.3 Å². The van der Waals surface area contributed by atoms with Crippen molar-refractivity contribution in [1.29, 1.82) is 0 Å². The lowest BCUT2D eigenvalue weighted by atomic mass is 11.3. The van der Waals surface area contributed by atoms with E-state index in [-0.39, 0.29) is 5.85 Å². The molecule has 2 N–H and O–H groups in total. The maximum atomic E-state index is 9.71. The van der Waals surface area contributed by atoms with Crippen LogP contribution in [0.5, 0.6) is 0 Å². The smallest absolute Gasteiger partial charge is 0.118 e. The van der Waals surface area contributed by atoms with Crippen LogP contribution in [-0.2, 0) is 0 Å². The van der Waals surface area contributed by atoms with Gasteiger partial charge in [0.25, 0.3) is 0 Å². The van der Waals surface area contributed by atoms with Crippen molar-refractivity contribution in [1.82, 2.24) is 4.98 Å². The second-order valence-corrected chi connectivity index (χ2v) is 15.2. The number of hydrogen-bond acceptors (Lipinski definition) is 2. The van der Waals surface area contributed by atoms with Gasteiger partial charge in [0.15, 0.2) is 0 Å². The summed E-state index contributed by atoms with van der Waals surface area (Å²) in [5.74, 6) is -0.242. The van der Waals surface area contributed by atoms with E-state index in [1.807, 2.05) is 0 Å². The van der Waals surface area contributed by atoms with Gasteiger partial charge in [-0.1, -0.05) is 39.3 Å². The summed E-state index contributed by atoms with van der Waals surface area (Å²) in [4.78, 5) is 3.32. The molecule has 11 heavy (non-hydrogen) atoms. The van der Waals surface area contributed by atoms with Crippen LogP contribution in [0, 0.1) is 0 Å². The monoisotopic (exact) mass is 191 g/mol. The van der Waals surface area contributed by atoms with Gasteiger partial charge in [0.1, 0.15) is 8.24 Å². The zero-order valence-corrected chi connectivity index (χ0v) is 10.5. The number of nitrogens with one attached hydrogen (secondary N) is 1. The normalized spacial score (nSPS) is 16.6. The summed E-state index contributed by atoms with van der Waals surface area (Å²) in [5.41, 5.74) is 0. The molecule has 0 aromatic rings. The van der Waals surface area contributed by atoms with Gasteiger partial charge in [0.2, 0.25) is 0 Å². The molecule has 0 saturated heterocycles. The molecule has 0 radical (unpaired) electrons. The van der Waals surface area contributed by atoms with Crippen LogP contribution in [-0.4, -0.2) is 27.3 Å². The Bertz CT molecular complexity index is 125. The molecule has 68 valence electrons. The van der Waals surface area contributed by atoms with Gasteiger partial charge >= 0.3 is 0 Å².